The molecule has 0 radical (unpaired) electrons. The van der Waals surface area contributed by atoms with Crippen LogP contribution in [0.1, 0.15) is 30.1 Å². The van der Waals surface area contributed by atoms with Crippen LogP contribution in [0.15, 0.2) is 53.4 Å². The standard InChI is InChI=1S/C18H22N2O4S/c1-3-4-13-19-25(22,23)17-11-5-14(6-12-17)18(21)20-15-7-9-16(24-2)10-8-15/h5-12,19H,3-4,13H2,1-2H3,(H,20,21). The normalized spacial score (nSPS) is 11.1. The summed E-state index contributed by atoms with van der Waals surface area (Å²) in [7, 11) is -1.97. The topological polar surface area (TPSA) is 84.5 Å². The predicted octanol–water partition coefficient (Wildman–Crippen LogP) is 3.03. The van der Waals surface area contributed by atoms with Crippen LogP contribution in [0.5, 0.6) is 5.75 Å². The SMILES string of the molecule is CCCCNS(=O)(=O)c1ccc(C(=O)Nc2ccc(OC)cc2)cc1. The van der Waals surface area contributed by atoms with E-state index in [1.54, 1.807) is 31.4 Å². The van der Waals surface area contributed by atoms with Crippen molar-refractivity contribution in [2.24, 2.45) is 0 Å². The number of hydrogen-bond acceptors (Lipinski definition) is 4. The molecule has 2 N–H and O–H groups in total. The maximum Gasteiger partial charge on any atom is 0.255 e. The van der Waals surface area contributed by atoms with Crippen LogP contribution >= 0.6 is 0 Å². The third-order valence-corrected chi connectivity index (χ3v) is 5.07. The Morgan fingerprint density at radius 1 is 1.04 bits per heavy atom. The molecule has 1 amide bonds. The van der Waals surface area contributed by atoms with E-state index in [1.165, 1.54) is 24.3 Å². The molecule has 0 aliphatic carbocycles. The van der Waals surface area contributed by atoms with E-state index in [0.717, 1.165) is 12.8 Å². The number of unbranched alkanes of at least 4 members (excludes halogenated alkanes) is 1. The average molecular weight is 362 g/mol. The van der Waals surface area contributed by atoms with Crippen LogP contribution in [-0.2, 0) is 10.0 Å². The molecule has 0 bridgehead atoms. The first-order valence-corrected chi connectivity index (χ1v) is 9.49. The fourth-order valence-corrected chi connectivity index (χ4v) is 3.20. The minimum atomic E-state index is -3.54. The molecule has 2 rings (SSSR count). The van der Waals surface area contributed by atoms with Crippen LogP contribution in [0.4, 0.5) is 5.69 Å². The number of hydrogen-bond donors (Lipinski definition) is 2. The lowest BCUT2D eigenvalue weighted by molar-refractivity contribution is 0.102. The molecular weight excluding hydrogens is 340 g/mol. The molecule has 0 saturated heterocycles. The van der Waals surface area contributed by atoms with E-state index in [2.05, 4.69) is 10.0 Å². The molecule has 0 atom stereocenters. The van der Waals surface area contributed by atoms with Gasteiger partial charge < -0.3 is 10.1 Å². The van der Waals surface area contributed by atoms with E-state index in [-0.39, 0.29) is 10.8 Å². The van der Waals surface area contributed by atoms with Crippen molar-refractivity contribution in [2.75, 3.05) is 19.0 Å². The van der Waals surface area contributed by atoms with Crippen molar-refractivity contribution in [2.45, 2.75) is 24.7 Å². The monoisotopic (exact) mass is 362 g/mol. The summed E-state index contributed by atoms with van der Waals surface area (Å²) in [5.41, 5.74) is 1.01. The summed E-state index contributed by atoms with van der Waals surface area (Å²) in [6.07, 6.45) is 1.69. The highest BCUT2D eigenvalue weighted by Crippen LogP contribution is 2.17. The zero-order valence-corrected chi connectivity index (χ0v) is 15.1. The van der Waals surface area contributed by atoms with Crippen LogP contribution in [0.3, 0.4) is 0 Å². The average Bonchev–Trinajstić information content (AvgIpc) is 2.62. The van der Waals surface area contributed by atoms with Crippen molar-refractivity contribution >= 4 is 21.6 Å². The summed E-state index contributed by atoms with van der Waals surface area (Å²) in [6.45, 7) is 2.39. The van der Waals surface area contributed by atoms with Crippen molar-refractivity contribution in [3.8, 4) is 5.75 Å². The minimum Gasteiger partial charge on any atom is -0.497 e. The van der Waals surface area contributed by atoms with Gasteiger partial charge in [-0.15, -0.1) is 0 Å². The van der Waals surface area contributed by atoms with Gasteiger partial charge in [-0.05, 0) is 55.0 Å². The molecule has 0 aliphatic rings. The summed E-state index contributed by atoms with van der Waals surface area (Å²) < 4.78 is 31.8. The Morgan fingerprint density at radius 3 is 2.24 bits per heavy atom. The lowest BCUT2D eigenvalue weighted by Crippen LogP contribution is -2.24. The van der Waals surface area contributed by atoms with E-state index >= 15 is 0 Å². The molecule has 0 aliphatic heterocycles. The second-order valence-corrected chi connectivity index (χ2v) is 7.23. The lowest BCUT2D eigenvalue weighted by atomic mass is 10.2. The smallest absolute Gasteiger partial charge is 0.255 e. The quantitative estimate of drug-likeness (QED) is 0.707. The Morgan fingerprint density at radius 2 is 1.68 bits per heavy atom. The zero-order valence-electron chi connectivity index (χ0n) is 14.3. The molecular formula is C18H22N2O4S. The summed E-state index contributed by atoms with van der Waals surface area (Å²) in [5, 5.41) is 2.75. The van der Waals surface area contributed by atoms with E-state index in [9.17, 15) is 13.2 Å². The number of methoxy groups -OCH3 is 1. The molecule has 0 saturated carbocycles. The Hall–Kier alpha value is -2.38. The second kappa shape index (κ2) is 8.64. The van der Waals surface area contributed by atoms with Gasteiger partial charge in [0.2, 0.25) is 10.0 Å². The number of rotatable bonds is 8. The maximum atomic E-state index is 12.2. The molecule has 0 fully saturated rings. The molecule has 0 heterocycles. The van der Waals surface area contributed by atoms with Gasteiger partial charge in [0.1, 0.15) is 5.75 Å². The predicted molar refractivity (Wildman–Crippen MR) is 97.5 cm³/mol. The largest absolute Gasteiger partial charge is 0.497 e. The van der Waals surface area contributed by atoms with E-state index < -0.39 is 10.0 Å². The number of carbonyl (C=O) groups is 1. The molecule has 6 nitrogen and oxygen atoms in total. The molecule has 2 aromatic carbocycles. The third kappa shape index (κ3) is 5.30. The number of ether oxygens (including phenoxy) is 1. The molecule has 0 spiro atoms. The molecule has 0 aromatic heterocycles. The summed E-state index contributed by atoms with van der Waals surface area (Å²) in [4.78, 5) is 12.4. The molecule has 7 heteroatoms. The second-order valence-electron chi connectivity index (χ2n) is 5.46. The van der Waals surface area contributed by atoms with Gasteiger partial charge in [0, 0.05) is 17.8 Å². The maximum absolute atomic E-state index is 12.2. The number of carbonyl (C=O) groups excluding carboxylic acids is 1. The lowest BCUT2D eigenvalue weighted by Gasteiger charge is -2.08. The van der Waals surface area contributed by atoms with Gasteiger partial charge in [-0.1, -0.05) is 13.3 Å². The highest BCUT2D eigenvalue weighted by Gasteiger charge is 2.14. The van der Waals surface area contributed by atoms with Gasteiger partial charge in [0.05, 0.1) is 12.0 Å². The molecule has 25 heavy (non-hydrogen) atoms. The Balaban J connectivity index is 2.04. The van der Waals surface area contributed by atoms with Crippen LogP contribution in [0.2, 0.25) is 0 Å². The van der Waals surface area contributed by atoms with Gasteiger partial charge in [0.15, 0.2) is 0 Å². The van der Waals surface area contributed by atoms with Crippen LogP contribution in [0, 0.1) is 0 Å². The van der Waals surface area contributed by atoms with Gasteiger partial charge in [-0.2, -0.15) is 0 Å². The van der Waals surface area contributed by atoms with Gasteiger partial charge >= 0.3 is 0 Å². The van der Waals surface area contributed by atoms with Crippen LogP contribution < -0.4 is 14.8 Å². The highest BCUT2D eigenvalue weighted by atomic mass is 32.2. The first kappa shape index (κ1) is 19.0. The summed E-state index contributed by atoms with van der Waals surface area (Å²) in [6, 6.07) is 12.8. The van der Waals surface area contributed by atoms with E-state index in [4.69, 9.17) is 4.74 Å². The van der Waals surface area contributed by atoms with Gasteiger partial charge in [-0.25, -0.2) is 13.1 Å². The van der Waals surface area contributed by atoms with E-state index in [0.29, 0.717) is 23.5 Å². The number of amides is 1. The first-order chi connectivity index (χ1) is 12.0. The van der Waals surface area contributed by atoms with Crippen LogP contribution in [-0.4, -0.2) is 28.0 Å². The van der Waals surface area contributed by atoms with E-state index in [1.807, 2.05) is 6.92 Å². The Labute approximate surface area is 148 Å². The Kier molecular flexibility index (Phi) is 6.55. The molecule has 2 aromatic rings. The zero-order chi connectivity index (χ0) is 18.3. The van der Waals surface area contributed by atoms with Crippen molar-refractivity contribution < 1.29 is 17.9 Å². The van der Waals surface area contributed by atoms with Crippen molar-refractivity contribution in [3.63, 3.8) is 0 Å². The molecule has 134 valence electrons. The van der Waals surface area contributed by atoms with Crippen LogP contribution in [0.25, 0.3) is 0 Å². The Bertz CT molecular complexity index is 800. The third-order valence-electron chi connectivity index (χ3n) is 3.60. The number of anilines is 1. The van der Waals surface area contributed by atoms with Crippen molar-refractivity contribution in [1.29, 1.82) is 0 Å². The summed E-state index contributed by atoms with van der Waals surface area (Å²) >= 11 is 0. The number of sulfonamides is 1. The number of benzene rings is 2. The van der Waals surface area contributed by atoms with Gasteiger partial charge in [0.25, 0.3) is 5.91 Å². The molecule has 0 unspecified atom stereocenters. The van der Waals surface area contributed by atoms with Gasteiger partial charge in [-0.3, -0.25) is 4.79 Å². The summed E-state index contributed by atoms with van der Waals surface area (Å²) in [5.74, 6) is 0.385. The number of nitrogens with one attached hydrogen (secondary N) is 2. The fourth-order valence-electron chi connectivity index (χ4n) is 2.13. The van der Waals surface area contributed by atoms with Crippen molar-refractivity contribution in [3.05, 3.63) is 54.1 Å². The first-order valence-electron chi connectivity index (χ1n) is 8.01. The highest BCUT2D eigenvalue weighted by molar-refractivity contribution is 7.89. The van der Waals surface area contributed by atoms with Crippen molar-refractivity contribution in [1.82, 2.24) is 4.72 Å². The fraction of sp³-hybridized carbons (Fsp3) is 0.278. The minimum absolute atomic E-state index is 0.143.